The van der Waals surface area contributed by atoms with Crippen molar-refractivity contribution in [1.29, 1.82) is 0 Å². The van der Waals surface area contributed by atoms with E-state index < -0.39 is 11.8 Å². The molecule has 3 rings (SSSR count). The summed E-state index contributed by atoms with van der Waals surface area (Å²) in [5.41, 5.74) is 1.77. The van der Waals surface area contributed by atoms with Crippen LogP contribution in [0.15, 0.2) is 60.7 Å². The summed E-state index contributed by atoms with van der Waals surface area (Å²) in [5, 5.41) is 19.6. The molecule has 116 valence electrons. The minimum atomic E-state index is -1.15. The van der Waals surface area contributed by atoms with Crippen molar-refractivity contribution < 1.29 is 19.4 Å². The smallest absolute Gasteiger partial charge is 0.338 e. The van der Waals surface area contributed by atoms with Crippen LogP contribution in [0, 0.1) is 5.82 Å². The lowest BCUT2D eigenvalue weighted by molar-refractivity contribution is 0.0697. The molecule has 0 amide bonds. The maximum Gasteiger partial charge on any atom is 0.338 e. The molecule has 0 unspecified atom stereocenters. The van der Waals surface area contributed by atoms with Crippen LogP contribution < -0.4 is 0 Å². The van der Waals surface area contributed by atoms with Gasteiger partial charge in [-0.3, -0.25) is 0 Å². The number of nitrogens with zero attached hydrogens (tertiary/aromatic N) is 1. The third-order valence-corrected chi connectivity index (χ3v) is 3.61. The average molecular weight is 311 g/mol. The summed E-state index contributed by atoms with van der Waals surface area (Å²) in [6.07, 6.45) is 0. The van der Waals surface area contributed by atoms with Gasteiger partial charge in [0.1, 0.15) is 5.82 Å². The number of hydrogen-bond acceptors (Lipinski definition) is 2. The van der Waals surface area contributed by atoms with Crippen molar-refractivity contribution >= 4 is 5.97 Å². The number of carboxylic acid groups (broad SMARTS) is 1. The average Bonchev–Trinajstić information content (AvgIpc) is 2.86. The fourth-order valence-electron chi connectivity index (χ4n) is 2.54. The standard InChI is InChI=1S/C18H14FNO3/c19-14-8-6-13(7-9-14)17-15(18(22)23)10-16(21)20(17)11-12-4-2-1-3-5-12/h1-10,21H,11H2,(H,22,23). The lowest BCUT2D eigenvalue weighted by Gasteiger charge is -2.12. The Kier molecular flexibility index (Phi) is 3.85. The van der Waals surface area contributed by atoms with E-state index in [4.69, 9.17) is 0 Å². The van der Waals surface area contributed by atoms with Crippen LogP contribution in [-0.2, 0) is 6.54 Å². The Hall–Kier alpha value is -3.08. The first-order valence-corrected chi connectivity index (χ1v) is 7.02. The highest BCUT2D eigenvalue weighted by atomic mass is 19.1. The Bertz CT molecular complexity index is 839. The number of carbonyl (C=O) groups is 1. The zero-order valence-electron chi connectivity index (χ0n) is 12.1. The lowest BCUT2D eigenvalue weighted by Crippen LogP contribution is -2.05. The maximum atomic E-state index is 13.1. The quantitative estimate of drug-likeness (QED) is 0.771. The Morgan fingerprint density at radius 2 is 1.70 bits per heavy atom. The molecule has 0 atom stereocenters. The second-order valence-corrected chi connectivity index (χ2v) is 5.15. The lowest BCUT2D eigenvalue weighted by atomic mass is 10.1. The van der Waals surface area contributed by atoms with Crippen LogP contribution in [0.25, 0.3) is 11.3 Å². The van der Waals surface area contributed by atoms with Gasteiger partial charge in [-0.2, -0.15) is 0 Å². The maximum absolute atomic E-state index is 13.1. The van der Waals surface area contributed by atoms with Crippen molar-refractivity contribution in [2.45, 2.75) is 6.54 Å². The van der Waals surface area contributed by atoms with Gasteiger partial charge in [0, 0.05) is 6.07 Å². The van der Waals surface area contributed by atoms with Gasteiger partial charge in [-0.25, -0.2) is 9.18 Å². The molecule has 0 saturated heterocycles. The molecule has 2 aromatic carbocycles. The van der Waals surface area contributed by atoms with E-state index in [1.807, 2.05) is 30.3 Å². The summed E-state index contributed by atoms with van der Waals surface area (Å²) in [7, 11) is 0. The summed E-state index contributed by atoms with van der Waals surface area (Å²) in [4.78, 5) is 11.5. The van der Waals surface area contributed by atoms with E-state index in [0.29, 0.717) is 17.8 Å². The van der Waals surface area contributed by atoms with E-state index in [-0.39, 0.29) is 11.4 Å². The highest BCUT2D eigenvalue weighted by Gasteiger charge is 2.21. The normalized spacial score (nSPS) is 10.7. The molecule has 0 aliphatic carbocycles. The number of carboxylic acids is 1. The summed E-state index contributed by atoms with van der Waals surface area (Å²) in [6.45, 7) is 0.312. The van der Waals surface area contributed by atoms with Crippen LogP contribution in [0.2, 0.25) is 0 Å². The number of aromatic nitrogens is 1. The summed E-state index contributed by atoms with van der Waals surface area (Å²) >= 11 is 0. The highest BCUT2D eigenvalue weighted by Crippen LogP contribution is 2.32. The largest absolute Gasteiger partial charge is 0.494 e. The monoisotopic (exact) mass is 311 g/mol. The van der Waals surface area contributed by atoms with Crippen LogP contribution >= 0.6 is 0 Å². The topological polar surface area (TPSA) is 62.5 Å². The zero-order valence-corrected chi connectivity index (χ0v) is 12.1. The summed E-state index contributed by atoms with van der Waals surface area (Å²) < 4.78 is 14.6. The molecule has 0 bridgehead atoms. The van der Waals surface area contributed by atoms with Gasteiger partial charge in [0.25, 0.3) is 0 Å². The van der Waals surface area contributed by atoms with Gasteiger partial charge >= 0.3 is 5.97 Å². The molecule has 0 fully saturated rings. The first-order valence-electron chi connectivity index (χ1n) is 7.02. The molecule has 0 radical (unpaired) electrons. The molecule has 1 aromatic heterocycles. The number of aromatic hydroxyl groups is 1. The molecule has 0 aliphatic heterocycles. The van der Waals surface area contributed by atoms with E-state index in [2.05, 4.69) is 0 Å². The Balaban J connectivity index is 2.15. The van der Waals surface area contributed by atoms with Crippen molar-refractivity contribution in [1.82, 2.24) is 4.57 Å². The van der Waals surface area contributed by atoms with Gasteiger partial charge in [-0.15, -0.1) is 0 Å². The molecule has 0 saturated carbocycles. The van der Waals surface area contributed by atoms with Gasteiger partial charge in [0.15, 0.2) is 5.88 Å². The highest BCUT2D eigenvalue weighted by molar-refractivity contribution is 5.96. The number of benzene rings is 2. The molecule has 0 aliphatic rings. The van der Waals surface area contributed by atoms with E-state index >= 15 is 0 Å². The minimum absolute atomic E-state index is 0.0231. The first kappa shape index (κ1) is 14.8. The molecule has 2 N–H and O–H groups in total. The van der Waals surface area contributed by atoms with Crippen LogP contribution in [0.4, 0.5) is 4.39 Å². The van der Waals surface area contributed by atoms with Crippen molar-refractivity contribution in [3.63, 3.8) is 0 Å². The second kappa shape index (κ2) is 5.96. The van der Waals surface area contributed by atoms with Gasteiger partial charge in [-0.05, 0) is 35.4 Å². The fraction of sp³-hybridized carbons (Fsp3) is 0.0556. The first-order chi connectivity index (χ1) is 11.1. The summed E-state index contributed by atoms with van der Waals surface area (Å²) in [6, 6.07) is 16.1. The number of halogens is 1. The van der Waals surface area contributed by atoms with Crippen LogP contribution in [0.5, 0.6) is 5.88 Å². The zero-order chi connectivity index (χ0) is 16.4. The molecular formula is C18H14FNO3. The SMILES string of the molecule is O=C(O)c1cc(O)n(Cc2ccccc2)c1-c1ccc(F)cc1. The number of hydrogen-bond donors (Lipinski definition) is 2. The predicted molar refractivity (Wildman–Crippen MR) is 84.0 cm³/mol. The number of aromatic carboxylic acids is 1. The molecule has 0 spiro atoms. The Morgan fingerprint density at radius 1 is 1.04 bits per heavy atom. The number of rotatable bonds is 4. The second-order valence-electron chi connectivity index (χ2n) is 5.15. The van der Waals surface area contributed by atoms with Crippen LogP contribution in [0.3, 0.4) is 0 Å². The van der Waals surface area contributed by atoms with Crippen molar-refractivity contribution in [2.24, 2.45) is 0 Å². The van der Waals surface area contributed by atoms with Crippen LogP contribution in [-0.4, -0.2) is 20.7 Å². The molecule has 23 heavy (non-hydrogen) atoms. The molecular weight excluding hydrogens is 297 g/mol. The van der Waals surface area contributed by atoms with Gasteiger partial charge < -0.3 is 14.8 Å². The van der Waals surface area contributed by atoms with Crippen LogP contribution in [0.1, 0.15) is 15.9 Å². The van der Waals surface area contributed by atoms with Crippen molar-refractivity contribution in [3.8, 4) is 17.1 Å². The predicted octanol–water partition coefficient (Wildman–Crippen LogP) is 3.75. The Morgan fingerprint density at radius 3 is 2.30 bits per heavy atom. The third kappa shape index (κ3) is 2.94. The minimum Gasteiger partial charge on any atom is -0.494 e. The third-order valence-electron chi connectivity index (χ3n) is 3.61. The van der Waals surface area contributed by atoms with Gasteiger partial charge in [0.2, 0.25) is 0 Å². The molecule has 3 aromatic rings. The van der Waals surface area contributed by atoms with E-state index in [1.54, 1.807) is 0 Å². The van der Waals surface area contributed by atoms with E-state index in [0.717, 1.165) is 5.56 Å². The molecule has 4 nitrogen and oxygen atoms in total. The van der Waals surface area contributed by atoms with Gasteiger partial charge in [0.05, 0.1) is 17.8 Å². The molecule has 1 heterocycles. The van der Waals surface area contributed by atoms with Gasteiger partial charge in [-0.1, -0.05) is 30.3 Å². The van der Waals surface area contributed by atoms with E-state index in [1.165, 1.54) is 34.9 Å². The molecule has 5 heteroatoms. The van der Waals surface area contributed by atoms with Crippen molar-refractivity contribution in [3.05, 3.63) is 77.6 Å². The summed E-state index contributed by atoms with van der Waals surface area (Å²) in [5.74, 6) is -1.70. The van der Waals surface area contributed by atoms with E-state index in [9.17, 15) is 19.4 Å². The Labute approximate surface area is 132 Å². The fourth-order valence-corrected chi connectivity index (χ4v) is 2.54. The van der Waals surface area contributed by atoms with Crippen molar-refractivity contribution in [2.75, 3.05) is 0 Å².